The minimum Gasteiger partial charge on any atom is -0.393 e. The fraction of sp³-hybridized carbons (Fsp3) is 1.00. The van der Waals surface area contributed by atoms with Gasteiger partial charge in [-0.3, -0.25) is 4.90 Å². The molecule has 170 valence electrons. The van der Waals surface area contributed by atoms with Crippen molar-refractivity contribution >= 4 is 0 Å². The summed E-state index contributed by atoms with van der Waals surface area (Å²) in [6.45, 7) is 4.24. The Morgan fingerprint density at radius 2 is 1.87 bits per heavy atom. The van der Waals surface area contributed by atoms with Gasteiger partial charge in [-0.1, -0.05) is 6.92 Å². The summed E-state index contributed by atoms with van der Waals surface area (Å²) in [6.07, 6.45) is 1.57. The number of fused-ring (bicyclic) bond motifs is 2. The standard InChI is InChI=1S/C23H37NO6/c1-4-24-10-20(11-29-2)6-5-16(30-3)23-13-7-12-15(25)9-21(27,17(13)18(12)26)14(19(23)24)8-22(20,23)28/h12-19,25-28H,4-11H2,1-3H3/t12-,13-,14+,15+,16+,17-,18+,19?,20+,21+,22+,23-/m1/s1. The predicted octanol–water partition coefficient (Wildman–Crippen LogP) is -0.00800. The molecule has 0 aromatic heterocycles. The lowest BCUT2D eigenvalue weighted by molar-refractivity contribution is -0.324. The van der Waals surface area contributed by atoms with E-state index in [1.54, 1.807) is 14.2 Å². The van der Waals surface area contributed by atoms with Gasteiger partial charge in [-0.25, -0.2) is 0 Å². The Morgan fingerprint density at radius 3 is 2.53 bits per heavy atom. The molecule has 12 atom stereocenters. The van der Waals surface area contributed by atoms with E-state index in [4.69, 9.17) is 9.47 Å². The Balaban J connectivity index is 1.64. The number of hydrogen-bond donors (Lipinski definition) is 4. The van der Waals surface area contributed by atoms with Crippen molar-refractivity contribution in [3.63, 3.8) is 0 Å². The zero-order chi connectivity index (χ0) is 21.3. The van der Waals surface area contributed by atoms with Gasteiger partial charge in [-0.05, 0) is 38.1 Å². The lowest BCUT2D eigenvalue weighted by Crippen LogP contribution is -2.81. The maximum Gasteiger partial charge on any atom is 0.0841 e. The Hall–Kier alpha value is -0.280. The molecule has 5 saturated carbocycles. The maximum atomic E-state index is 12.8. The number of ether oxygens (including phenoxy) is 2. The Kier molecular flexibility index (Phi) is 4.06. The Labute approximate surface area is 178 Å². The van der Waals surface area contributed by atoms with Crippen molar-refractivity contribution in [1.29, 1.82) is 0 Å². The van der Waals surface area contributed by atoms with E-state index in [2.05, 4.69) is 11.8 Å². The van der Waals surface area contributed by atoms with E-state index < -0.39 is 34.2 Å². The summed E-state index contributed by atoms with van der Waals surface area (Å²) >= 11 is 0. The number of hydrogen-bond acceptors (Lipinski definition) is 7. The molecule has 7 nitrogen and oxygen atoms in total. The fourth-order valence-electron chi connectivity index (χ4n) is 10.4. The molecular weight excluding hydrogens is 386 g/mol. The molecule has 6 rings (SSSR count). The normalized spacial score (nSPS) is 63.3. The van der Waals surface area contributed by atoms with Gasteiger partial charge in [-0.15, -0.1) is 0 Å². The van der Waals surface area contributed by atoms with E-state index in [-0.39, 0.29) is 35.8 Å². The highest BCUT2D eigenvalue weighted by Gasteiger charge is 2.88. The van der Waals surface area contributed by atoms with E-state index in [1.807, 2.05) is 0 Å². The molecule has 4 N–H and O–H groups in total. The second-order valence-corrected chi connectivity index (χ2v) is 11.4. The molecule has 0 amide bonds. The van der Waals surface area contributed by atoms with Crippen molar-refractivity contribution in [1.82, 2.24) is 4.90 Å². The molecular formula is C23H37NO6. The van der Waals surface area contributed by atoms with Gasteiger partial charge in [0.2, 0.25) is 0 Å². The third-order valence-corrected chi connectivity index (χ3v) is 11.0. The van der Waals surface area contributed by atoms with Gasteiger partial charge in [0, 0.05) is 61.8 Å². The van der Waals surface area contributed by atoms with Crippen LogP contribution in [0.15, 0.2) is 0 Å². The van der Waals surface area contributed by atoms with Crippen LogP contribution < -0.4 is 0 Å². The molecule has 5 aliphatic carbocycles. The average Bonchev–Trinajstić information content (AvgIpc) is 3.09. The third-order valence-electron chi connectivity index (χ3n) is 11.0. The summed E-state index contributed by atoms with van der Waals surface area (Å²) in [6, 6.07) is -0.00905. The highest BCUT2D eigenvalue weighted by molar-refractivity contribution is 5.38. The van der Waals surface area contributed by atoms with Crippen molar-refractivity contribution in [3.05, 3.63) is 0 Å². The molecule has 1 unspecified atom stereocenters. The summed E-state index contributed by atoms with van der Waals surface area (Å²) < 4.78 is 11.9. The number of aliphatic hydroxyl groups excluding tert-OH is 2. The van der Waals surface area contributed by atoms with Crippen LogP contribution in [-0.2, 0) is 9.47 Å². The molecule has 0 radical (unpaired) electrons. The molecule has 0 aromatic carbocycles. The molecule has 1 aliphatic heterocycles. The van der Waals surface area contributed by atoms with Gasteiger partial charge >= 0.3 is 0 Å². The van der Waals surface area contributed by atoms with E-state index in [1.165, 1.54) is 0 Å². The largest absolute Gasteiger partial charge is 0.393 e. The number of rotatable bonds is 4. The van der Waals surface area contributed by atoms with Crippen LogP contribution in [0.4, 0.5) is 0 Å². The van der Waals surface area contributed by atoms with Gasteiger partial charge in [-0.2, -0.15) is 0 Å². The molecule has 1 saturated heterocycles. The second-order valence-electron chi connectivity index (χ2n) is 11.4. The number of aliphatic hydroxyl groups is 4. The van der Waals surface area contributed by atoms with Crippen LogP contribution in [0.1, 0.15) is 39.0 Å². The summed E-state index contributed by atoms with van der Waals surface area (Å²) in [5, 5.41) is 47.0. The van der Waals surface area contributed by atoms with Crippen molar-refractivity contribution < 1.29 is 29.9 Å². The van der Waals surface area contributed by atoms with E-state index in [0.717, 1.165) is 25.9 Å². The van der Waals surface area contributed by atoms with Gasteiger partial charge in [0.15, 0.2) is 0 Å². The average molecular weight is 424 g/mol. The summed E-state index contributed by atoms with van der Waals surface area (Å²) in [5.74, 6) is -0.815. The summed E-state index contributed by atoms with van der Waals surface area (Å²) in [7, 11) is 3.46. The van der Waals surface area contributed by atoms with Gasteiger partial charge in [0.25, 0.3) is 0 Å². The number of piperidine rings is 1. The highest BCUT2D eigenvalue weighted by Crippen LogP contribution is 2.80. The van der Waals surface area contributed by atoms with Crippen LogP contribution in [0, 0.1) is 34.5 Å². The molecule has 6 aliphatic rings. The number of nitrogens with zero attached hydrogens (tertiary/aromatic N) is 1. The molecule has 1 spiro atoms. The highest BCUT2D eigenvalue weighted by atomic mass is 16.5. The molecule has 7 bridgehead atoms. The monoisotopic (exact) mass is 423 g/mol. The Morgan fingerprint density at radius 1 is 1.10 bits per heavy atom. The summed E-state index contributed by atoms with van der Waals surface area (Å²) in [5.41, 5.74) is -3.14. The number of likely N-dealkylation sites (tertiary alicyclic amines) is 1. The van der Waals surface area contributed by atoms with E-state index >= 15 is 0 Å². The minimum absolute atomic E-state index is 0.00905. The Bertz CT molecular complexity index is 751. The van der Waals surface area contributed by atoms with E-state index in [0.29, 0.717) is 25.9 Å². The lowest BCUT2D eigenvalue weighted by atomic mass is 9.41. The van der Waals surface area contributed by atoms with Crippen LogP contribution in [0.3, 0.4) is 0 Å². The van der Waals surface area contributed by atoms with Crippen LogP contribution in [-0.4, -0.2) is 94.8 Å². The van der Waals surface area contributed by atoms with E-state index in [9.17, 15) is 20.4 Å². The van der Waals surface area contributed by atoms with Crippen LogP contribution in [0.5, 0.6) is 0 Å². The van der Waals surface area contributed by atoms with Crippen LogP contribution in [0.2, 0.25) is 0 Å². The molecule has 7 heteroatoms. The van der Waals surface area contributed by atoms with Gasteiger partial charge in [0.1, 0.15) is 0 Å². The maximum absolute atomic E-state index is 12.8. The molecule has 1 heterocycles. The third kappa shape index (κ3) is 1.80. The van der Waals surface area contributed by atoms with Crippen molar-refractivity contribution in [2.45, 2.75) is 74.6 Å². The SMILES string of the molecule is CCN1C[C@]2(COC)CC[C@H](OC)[C@]34C1[C@H](C[C@]23O)[C@@]1(O)C[C@H](O)[C@H]2C[C@@H]4[C@@H]1[C@H]2O. The first-order chi connectivity index (χ1) is 14.3. The van der Waals surface area contributed by atoms with Gasteiger partial charge < -0.3 is 29.9 Å². The molecule has 6 fully saturated rings. The fourth-order valence-corrected chi connectivity index (χ4v) is 10.4. The van der Waals surface area contributed by atoms with Gasteiger partial charge in [0.05, 0.1) is 36.1 Å². The van der Waals surface area contributed by atoms with Crippen LogP contribution >= 0.6 is 0 Å². The lowest BCUT2D eigenvalue weighted by Gasteiger charge is -2.71. The van der Waals surface area contributed by atoms with Crippen molar-refractivity contribution in [3.8, 4) is 0 Å². The van der Waals surface area contributed by atoms with Crippen molar-refractivity contribution in [2.24, 2.45) is 34.5 Å². The first kappa shape index (κ1) is 20.3. The van der Waals surface area contributed by atoms with Crippen LogP contribution in [0.25, 0.3) is 0 Å². The minimum atomic E-state index is -1.16. The second kappa shape index (κ2) is 5.99. The summed E-state index contributed by atoms with van der Waals surface area (Å²) in [4.78, 5) is 2.47. The smallest absolute Gasteiger partial charge is 0.0841 e. The first-order valence-electron chi connectivity index (χ1n) is 11.8. The zero-order valence-electron chi connectivity index (χ0n) is 18.3. The first-order valence-corrected chi connectivity index (χ1v) is 11.8. The quantitative estimate of drug-likeness (QED) is 0.504. The topological polar surface area (TPSA) is 103 Å². The van der Waals surface area contributed by atoms with Crippen molar-refractivity contribution in [2.75, 3.05) is 33.9 Å². The predicted molar refractivity (Wildman–Crippen MR) is 108 cm³/mol. The molecule has 0 aromatic rings. The molecule has 30 heavy (non-hydrogen) atoms. The zero-order valence-corrected chi connectivity index (χ0v) is 18.3. The number of methoxy groups -OCH3 is 2.